The van der Waals surface area contributed by atoms with E-state index in [9.17, 15) is 0 Å². The Bertz CT molecular complexity index is 766. The van der Waals surface area contributed by atoms with Crippen molar-refractivity contribution in [2.75, 3.05) is 14.2 Å². The topological polar surface area (TPSA) is 36.3 Å². The highest BCUT2D eigenvalue weighted by Crippen LogP contribution is 2.26. The van der Waals surface area contributed by atoms with Gasteiger partial charge in [-0.15, -0.1) is 11.6 Å². The van der Waals surface area contributed by atoms with Gasteiger partial charge in [0.2, 0.25) is 0 Å². The number of halogens is 1. The molecule has 0 saturated heterocycles. The summed E-state index contributed by atoms with van der Waals surface area (Å²) in [6.07, 6.45) is 0. The van der Waals surface area contributed by atoms with Crippen LogP contribution in [0.4, 0.5) is 0 Å². The number of methoxy groups -OCH3 is 2. The molecule has 0 bridgehead atoms. The number of hydrogen-bond donors (Lipinski definition) is 0. The Morgan fingerprint density at radius 2 is 1.67 bits per heavy atom. The number of aromatic nitrogens is 2. The number of rotatable bonds is 4. The molecule has 0 amide bonds. The molecule has 1 heterocycles. The molecule has 0 saturated carbocycles. The number of benzene rings is 2. The van der Waals surface area contributed by atoms with Crippen LogP contribution in [0.25, 0.3) is 16.7 Å². The van der Waals surface area contributed by atoms with E-state index in [1.165, 1.54) is 0 Å². The Kier molecular flexibility index (Phi) is 3.71. The van der Waals surface area contributed by atoms with Gasteiger partial charge in [0.15, 0.2) is 0 Å². The van der Waals surface area contributed by atoms with Crippen LogP contribution < -0.4 is 9.47 Å². The zero-order valence-corrected chi connectivity index (χ0v) is 12.6. The quantitative estimate of drug-likeness (QED) is 0.688. The van der Waals surface area contributed by atoms with Crippen molar-refractivity contribution in [2.45, 2.75) is 5.88 Å². The van der Waals surface area contributed by atoms with E-state index in [2.05, 4.69) is 4.98 Å². The van der Waals surface area contributed by atoms with Gasteiger partial charge in [0.05, 0.1) is 31.1 Å². The number of alkyl halides is 1. The molecule has 0 fully saturated rings. The average molecular weight is 303 g/mol. The van der Waals surface area contributed by atoms with Crippen molar-refractivity contribution < 1.29 is 9.47 Å². The van der Waals surface area contributed by atoms with E-state index in [0.717, 1.165) is 34.0 Å². The second-order valence-electron chi connectivity index (χ2n) is 4.55. The molecular weight excluding hydrogens is 288 g/mol. The van der Waals surface area contributed by atoms with Crippen LogP contribution in [0.3, 0.4) is 0 Å². The number of ether oxygens (including phenoxy) is 2. The van der Waals surface area contributed by atoms with Crippen molar-refractivity contribution in [1.29, 1.82) is 0 Å². The molecule has 4 nitrogen and oxygen atoms in total. The smallest absolute Gasteiger partial charge is 0.129 e. The van der Waals surface area contributed by atoms with Gasteiger partial charge in [0.1, 0.15) is 17.3 Å². The second kappa shape index (κ2) is 5.66. The van der Waals surface area contributed by atoms with Gasteiger partial charge in [-0.1, -0.05) is 0 Å². The highest BCUT2D eigenvalue weighted by atomic mass is 35.5. The zero-order valence-electron chi connectivity index (χ0n) is 11.8. The van der Waals surface area contributed by atoms with E-state index in [1.807, 2.05) is 47.0 Å². The van der Waals surface area contributed by atoms with Crippen LogP contribution in [0.5, 0.6) is 11.5 Å². The monoisotopic (exact) mass is 302 g/mol. The minimum atomic E-state index is 0.336. The maximum atomic E-state index is 6.05. The molecule has 0 unspecified atom stereocenters. The molecule has 0 aliphatic carbocycles. The predicted octanol–water partition coefficient (Wildman–Crippen LogP) is 3.78. The first kappa shape index (κ1) is 13.8. The third-order valence-electron chi connectivity index (χ3n) is 3.38. The van der Waals surface area contributed by atoms with E-state index in [1.54, 1.807) is 14.2 Å². The maximum Gasteiger partial charge on any atom is 0.129 e. The minimum Gasteiger partial charge on any atom is -0.497 e. The lowest BCUT2D eigenvalue weighted by molar-refractivity contribution is 0.414. The normalized spacial score (nSPS) is 10.8. The predicted molar refractivity (Wildman–Crippen MR) is 83.7 cm³/mol. The highest BCUT2D eigenvalue weighted by Gasteiger charge is 2.12. The SMILES string of the molecule is COc1ccc(-n2c(CCl)nc3cc(OC)ccc32)cc1. The van der Waals surface area contributed by atoms with Gasteiger partial charge in [-0.25, -0.2) is 4.98 Å². The lowest BCUT2D eigenvalue weighted by atomic mass is 10.2. The van der Waals surface area contributed by atoms with E-state index in [-0.39, 0.29) is 0 Å². The van der Waals surface area contributed by atoms with Gasteiger partial charge in [-0.3, -0.25) is 4.57 Å². The lowest BCUT2D eigenvalue weighted by Gasteiger charge is -2.09. The summed E-state index contributed by atoms with van der Waals surface area (Å²) < 4.78 is 12.5. The fraction of sp³-hybridized carbons (Fsp3) is 0.188. The fourth-order valence-corrected chi connectivity index (χ4v) is 2.53. The van der Waals surface area contributed by atoms with Gasteiger partial charge in [0.25, 0.3) is 0 Å². The van der Waals surface area contributed by atoms with E-state index in [0.29, 0.717) is 5.88 Å². The van der Waals surface area contributed by atoms with Crippen LogP contribution in [-0.2, 0) is 5.88 Å². The van der Waals surface area contributed by atoms with Crippen molar-refractivity contribution in [1.82, 2.24) is 9.55 Å². The molecule has 0 N–H and O–H groups in total. The molecule has 0 radical (unpaired) electrons. The van der Waals surface area contributed by atoms with Crippen LogP contribution in [0.2, 0.25) is 0 Å². The summed E-state index contributed by atoms with van der Waals surface area (Å²) >= 11 is 6.05. The summed E-state index contributed by atoms with van der Waals surface area (Å²) in [5.74, 6) is 2.73. The van der Waals surface area contributed by atoms with Crippen LogP contribution in [0.1, 0.15) is 5.82 Å². The summed E-state index contributed by atoms with van der Waals surface area (Å²) in [5.41, 5.74) is 2.86. The van der Waals surface area contributed by atoms with Crippen LogP contribution >= 0.6 is 11.6 Å². The summed E-state index contributed by atoms with van der Waals surface area (Å²) in [4.78, 5) is 4.58. The van der Waals surface area contributed by atoms with Crippen molar-refractivity contribution in [2.24, 2.45) is 0 Å². The molecular formula is C16H15ClN2O2. The third-order valence-corrected chi connectivity index (χ3v) is 3.62. The molecule has 0 atom stereocenters. The highest BCUT2D eigenvalue weighted by molar-refractivity contribution is 6.17. The molecule has 108 valence electrons. The van der Waals surface area contributed by atoms with E-state index >= 15 is 0 Å². The molecule has 0 spiro atoms. The second-order valence-corrected chi connectivity index (χ2v) is 4.82. The van der Waals surface area contributed by atoms with Crippen molar-refractivity contribution in [3.05, 3.63) is 48.3 Å². The molecule has 3 aromatic rings. The van der Waals surface area contributed by atoms with Crippen molar-refractivity contribution in [3.8, 4) is 17.2 Å². The summed E-state index contributed by atoms with van der Waals surface area (Å²) in [6.45, 7) is 0. The van der Waals surface area contributed by atoms with Gasteiger partial charge < -0.3 is 9.47 Å². The van der Waals surface area contributed by atoms with Crippen molar-refractivity contribution >= 4 is 22.6 Å². The average Bonchev–Trinajstić information content (AvgIpc) is 2.92. The molecule has 0 aliphatic rings. The standard InChI is InChI=1S/C16H15ClN2O2/c1-20-12-5-3-11(4-6-12)19-15-8-7-13(21-2)9-14(15)18-16(19)10-17/h3-9H,10H2,1-2H3. The van der Waals surface area contributed by atoms with Gasteiger partial charge in [-0.05, 0) is 36.4 Å². The molecule has 21 heavy (non-hydrogen) atoms. The Morgan fingerprint density at radius 1 is 1.00 bits per heavy atom. The molecule has 1 aromatic heterocycles. The maximum absolute atomic E-state index is 6.05. The summed E-state index contributed by atoms with van der Waals surface area (Å²) in [6, 6.07) is 13.6. The number of imidazole rings is 1. The lowest BCUT2D eigenvalue weighted by Crippen LogP contribution is -1.99. The largest absolute Gasteiger partial charge is 0.497 e. The fourth-order valence-electron chi connectivity index (χ4n) is 2.35. The number of nitrogens with zero attached hydrogens (tertiary/aromatic N) is 2. The summed E-state index contributed by atoms with van der Waals surface area (Å²) in [7, 11) is 3.29. The summed E-state index contributed by atoms with van der Waals surface area (Å²) in [5, 5.41) is 0. The third kappa shape index (κ3) is 2.43. The molecule has 3 rings (SSSR count). The van der Waals surface area contributed by atoms with Crippen LogP contribution in [0, 0.1) is 0 Å². The number of fused-ring (bicyclic) bond motifs is 1. The Balaban J connectivity index is 2.19. The first-order chi connectivity index (χ1) is 10.3. The van der Waals surface area contributed by atoms with E-state index < -0.39 is 0 Å². The van der Waals surface area contributed by atoms with Gasteiger partial charge in [-0.2, -0.15) is 0 Å². The molecule has 0 aliphatic heterocycles. The molecule has 5 heteroatoms. The Labute approximate surface area is 127 Å². The molecule has 2 aromatic carbocycles. The minimum absolute atomic E-state index is 0.336. The Hall–Kier alpha value is -2.20. The Morgan fingerprint density at radius 3 is 2.29 bits per heavy atom. The number of hydrogen-bond acceptors (Lipinski definition) is 3. The van der Waals surface area contributed by atoms with E-state index in [4.69, 9.17) is 21.1 Å². The first-order valence-corrected chi connectivity index (χ1v) is 7.06. The van der Waals surface area contributed by atoms with Gasteiger partial charge in [0, 0.05) is 11.8 Å². The first-order valence-electron chi connectivity index (χ1n) is 6.52. The van der Waals surface area contributed by atoms with Crippen LogP contribution in [0.15, 0.2) is 42.5 Å². The van der Waals surface area contributed by atoms with Gasteiger partial charge >= 0.3 is 0 Å². The van der Waals surface area contributed by atoms with Crippen molar-refractivity contribution in [3.63, 3.8) is 0 Å². The van der Waals surface area contributed by atoms with Crippen LogP contribution in [-0.4, -0.2) is 23.8 Å². The zero-order chi connectivity index (χ0) is 14.8.